The molecule has 0 aromatic rings. The van der Waals surface area contributed by atoms with Gasteiger partial charge in [0.2, 0.25) is 0 Å². The normalized spacial score (nSPS) is 43.6. The van der Waals surface area contributed by atoms with Crippen LogP contribution in [0.15, 0.2) is 0 Å². The van der Waals surface area contributed by atoms with Crippen molar-refractivity contribution in [3.8, 4) is 0 Å². The predicted molar refractivity (Wildman–Crippen MR) is 85.4 cm³/mol. The van der Waals surface area contributed by atoms with E-state index in [0.717, 1.165) is 31.9 Å². The minimum atomic E-state index is -0.778. The Bertz CT molecular complexity index is 336. The van der Waals surface area contributed by atoms with Crippen molar-refractivity contribution in [3.63, 3.8) is 0 Å². The summed E-state index contributed by atoms with van der Waals surface area (Å²) in [5.74, 6) is 1.28. The number of nitrogens with one attached hydrogen (secondary N) is 1. The van der Waals surface area contributed by atoms with E-state index < -0.39 is 10.8 Å². The molecule has 0 amide bonds. The third kappa shape index (κ3) is 3.63. The first-order valence-corrected chi connectivity index (χ1v) is 9.56. The van der Waals surface area contributed by atoms with Crippen molar-refractivity contribution < 1.29 is 8.95 Å². The molecule has 2 rings (SSSR count). The van der Waals surface area contributed by atoms with Gasteiger partial charge in [-0.15, -0.1) is 0 Å². The maximum Gasteiger partial charge on any atom is 0.0691 e. The Morgan fingerprint density at radius 1 is 1.25 bits per heavy atom. The van der Waals surface area contributed by atoms with Crippen LogP contribution in [0.5, 0.6) is 0 Å². The molecule has 4 heteroatoms. The Balaban J connectivity index is 2.09. The Labute approximate surface area is 126 Å². The molecular formula is C16H31NO2S. The van der Waals surface area contributed by atoms with Gasteiger partial charge in [-0.3, -0.25) is 4.21 Å². The average Bonchev–Trinajstić information content (AvgIpc) is 2.81. The van der Waals surface area contributed by atoms with Gasteiger partial charge in [-0.25, -0.2) is 0 Å². The van der Waals surface area contributed by atoms with Crippen molar-refractivity contribution in [2.24, 2.45) is 11.8 Å². The number of hydrogen-bond acceptors (Lipinski definition) is 3. The van der Waals surface area contributed by atoms with E-state index in [0.29, 0.717) is 17.2 Å². The molecule has 1 saturated carbocycles. The summed E-state index contributed by atoms with van der Waals surface area (Å²) < 4.78 is 18.7. The highest BCUT2D eigenvalue weighted by Gasteiger charge is 2.42. The quantitative estimate of drug-likeness (QED) is 0.848. The molecule has 3 nitrogen and oxygen atoms in total. The molecule has 7 atom stereocenters. The second-order valence-corrected chi connectivity index (χ2v) is 8.62. The Morgan fingerprint density at radius 2 is 2.00 bits per heavy atom. The van der Waals surface area contributed by atoms with Crippen LogP contribution in [0, 0.1) is 11.8 Å². The molecule has 0 radical (unpaired) electrons. The zero-order chi connectivity index (χ0) is 14.7. The van der Waals surface area contributed by atoms with Crippen LogP contribution in [0.1, 0.15) is 53.4 Å². The Morgan fingerprint density at radius 3 is 2.60 bits per heavy atom. The monoisotopic (exact) mass is 301 g/mol. The molecule has 0 aromatic carbocycles. The zero-order valence-electron chi connectivity index (χ0n) is 13.4. The van der Waals surface area contributed by atoms with Gasteiger partial charge in [-0.1, -0.05) is 20.8 Å². The molecule has 1 aliphatic heterocycles. The maximum atomic E-state index is 13.1. The summed E-state index contributed by atoms with van der Waals surface area (Å²) in [7, 11) is -0.778. The minimum absolute atomic E-state index is 0.161. The van der Waals surface area contributed by atoms with Gasteiger partial charge in [0.25, 0.3) is 0 Å². The molecule has 0 bridgehead atoms. The van der Waals surface area contributed by atoms with E-state index in [4.69, 9.17) is 4.74 Å². The molecule has 1 N–H and O–H groups in total. The van der Waals surface area contributed by atoms with E-state index in [1.807, 2.05) is 0 Å². The molecule has 1 heterocycles. The number of ether oxygens (including phenoxy) is 1. The fraction of sp³-hybridized carbons (Fsp3) is 1.00. The van der Waals surface area contributed by atoms with E-state index in [1.54, 1.807) is 0 Å². The van der Waals surface area contributed by atoms with Gasteiger partial charge in [-0.05, 0) is 51.0 Å². The molecular weight excluding hydrogens is 270 g/mol. The molecule has 0 aromatic heterocycles. The standard InChI is InChI=1S/C16H31NO2S/c1-5-7-17-14-10-11(2)9-12(3)16(14)20(18)15-6-8-19-13(15)4/h11-17H,5-10H2,1-4H3. The summed E-state index contributed by atoms with van der Waals surface area (Å²) in [6, 6.07) is 0.419. The van der Waals surface area contributed by atoms with Crippen molar-refractivity contribution in [1.82, 2.24) is 5.32 Å². The summed E-state index contributed by atoms with van der Waals surface area (Å²) in [6.07, 6.45) is 4.65. The van der Waals surface area contributed by atoms with Gasteiger partial charge in [0.15, 0.2) is 0 Å². The van der Waals surface area contributed by atoms with E-state index in [1.165, 1.54) is 12.8 Å². The summed E-state index contributed by atoms with van der Waals surface area (Å²) in [4.78, 5) is 0. The average molecular weight is 301 g/mol. The number of rotatable bonds is 5. The molecule has 20 heavy (non-hydrogen) atoms. The van der Waals surface area contributed by atoms with Crippen LogP contribution in [0.25, 0.3) is 0 Å². The van der Waals surface area contributed by atoms with Crippen LogP contribution in [0.2, 0.25) is 0 Å². The Hall–Kier alpha value is 0.0700. The van der Waals surface area contributed by atoms with Crippen LogP contribution in [-0.2, 0) is 15.5 Å². The van der Waals surface area contributed by atoms with Gasteiger partial charge in [0.05, 0.1) is 16.6 Å². The molecule has 7 unspecified atom stereocenters. The van der Waals surface area contributed by atoms with Crippen LogP contribution >= 0.6 is 0 Å². The van der Waals surface area contributed by atoms with E-state index >= 15 is 0 Å². The van der Waals surface area contributed by atoms with Crippen LogP contribution in [-0.4, -0.2) is 40.0 Å². The third-order valence-electron chi connectivity index (χ3n) is 4.92. The Kier molecular flexibility index (Phi) is 6.06. The molecule has 1 aliphatic carbocycles. The number of hydrogen-bond donors (Lipinski definition) is 1. The lowest BCUT2D eigenvalue weighted by atomic mass is 9.80. The largest absolute Gasteiger partial charge is 0.377 e. The maximum absolute atomic E-state index is 13.1. The fourth-order valence-electron chi connectivity index (χ4n) is 3.97. The lowest BCUT2D eigenvalue weighted by Gasteiger charge is -2.41. The first kappa shape index (κ1) is 16.4. The highest BCUT2D eigenvalue weighted by Crippen LogP contribution is 2.35. The smallest absolute Gasteiger partial charge is 0.0691 e. The van der Waals surface area contributed by atoms with Crippen molar-refractivity contribution in [2.75, 3.05) is 13.2 Å². The SMILES string of the molecule is CCCNC1CC(C)CC(C)C1S(=O)C1CCOC1C. The third-order valence-corrected chi connectivity index (χ3v) is 7.46. The van der Waals surface area contributed by atoms with Gasteiger partial charge in [0, 0.05) is 23.4 Å². The topological polar surface area (TPSA) is 38.3 Å². The van der Waals surface area contributed by atoms with Crippen LogP contribution in [0.4, 0.5) is 0 Å². The molecule has 0 spiro atoms. The predicted octanol–water partition coefficient (Wildman–Crippen LogP) is 2.72. The fourth-order valence-corrected chi connectivity index (χ4v) is 6.26. The molecule has 1 saturated heterocycles. The molecule has 118 valence electrons. The molecule has 2 aliphatic rings. The van der Waals surface area contributed by atoms with Crippen molar-refractivity contribution in [3.05, 3.63) is 0 Å². The lowest BCUT2D eigenvalue weighted by molar-refractivity contribution is 0.126. The summed E-state index contributed by atoms with van der Waals surface area (Å²) >= 11 is 0. The highest BCUT2D eigenvalue weighted by atomic mass is 32.2. The second kappa shape index (κ2) is 7.37. The van der Waals surface area contributed by atoms with Crippen molar-refractivity contribution in [1.29, 1.82) is 0 Å². The van der Waals surface area contributed by atoms with Crippen LogP contribution < -0.4 is 5.32 Å². The van der Waals surface area contributed by atoms with Gasteiger partial charge in [0.1, 0.15) is 0 Å². The highest BCUT2D eigenvalue weighted by molar-refractivity contribution is 7.86. The summed E-state index contributed by atoms with van der Waals surface area (Å²) in [5.41, 5.74) is 0. The summed E-state index contributed by atoms with van der Waals surface area (Å²) in [5, 5.41) is 4.20. The second-order valence-electron chi connectivity index (χ2n) is 6.81. The lowest BCUT2D eigenvalue weighted by Crippen LogP contribution is -2.52. The van der Waals surface area contributed by atoms with Gasteiger partial charge in [-0.2, -0.15) is 0 Å². The minimum Gasteiger partial charge on any atom is -0.377 e. The zero-order valence-corrected chi connectivity index (χ0v) is 14.2. The van der Waals surface area contributed by atoms with Crippen molar-refractivity contribution >= 4 is 10.8 Å². The van der Waals surface area contributed by atoms with E-state index in [-0.39, 0.29) is 11.4 Å². The van der Waals surface area contributed by atoms with Gasteiger partial charge < -0.3 is 10.1 Å². The molecule has 2 fully saturated rings. The van der Waals surface area contributed by atoms with E-state index in [2.05, 4.69) is 33.0 Å². The first-order chi connectivity index (χ1) is 9.54. The summed E-state index contributed by atoms with van der Waals surface area (Å²) in [6.45, 7) is 10.7. The van der Waals surface area contributed by atoms with Crippen molar-refractivity contribution in [2.45, 2.75) is 76.0 Å². The van der Waals surface area contributed by atoms with E-state index in [9.17, 15) is 4.21 Å². The van der Waals surface area contributed by atoms with Gasteiger partial charge >= 0.3 is 0 Å². The first-order valence-electron chi connectivity index (χ1n) is 8.29. The van der Waals surface area contributed by atoms with Crippen LogP contribution in [0.3, 0.4) is 0 Å².